The van der Waals surface area contributed by atoms with E-state index in [4.69, 9.17) is 0 Å². The molecule has 1 amide bonds. The van der Waals surface area contributed by atoms with E-state index in [0.717, 1.165) is 25.1 Å². The summed E-state index contributed by atoms with van der Waals surface area (Å²) in [7, 11) is 1.91. The second kappa shape index (κ2) is 8.69. The van der Waals surface area contributed by atoms with Gasteiger partial charge in [-0.3, -0.25) is 9.48 Å². The summed E-state index contributed by atoms with van der Waals surface area (Å²) in [6.45, 7) is 6.64. The molecule has 0 unspecified atom stereocenters. The van der Waals surface area contributed by atoms with Crippen LogP contribution in [0, 0.1) is 11.3 Å². The van der Waals surface area contributed by atoms with Crippen LogP contribution in [-0.4, -0.2) is 35.3 Å². The number of benzene rings is 1. The fraction of sp³-hybridized carbons (Fsp3) is 0.500. The first-order chi connectivity index (χ1) is 11.9. The van der Waals surface area contributed by atoms with Gasteiger partial charge < -0.3 is 10.6 Å². The van der Waals surface area contributed by atoms with Crippen molar-refractivity contribution in [3.05, 3.63) is 53.9 Å². The molecule has 1 aliphatic heterocycles. The highest BCUT2D eigenvalue weighted by Gasteiger charge is 2.35. The third-order valence-corrected chi connectivity index (χ3v) is 4.97. The fourth-order valence-corrected chi connectivity index (χ4v) is 3.60. The molecule has 0 spiro atoms. The molecule has 1 aromatic heterocycles. The number of carbonyl (C=O) groups is 1. The van der Waals surface area contributed by atoms with Crippen LogP contribution in [-0.2, 0) is 18.3 Å². The van der Waals surface area contributed by atoms with Crippen LogP contribution in [0.1, 0.15) is 30.9 Å². The Morgan fingerprint density at radius 2 is 2.04 bits per heavy atom. The zero-order chi connectivity index (χ0) is 17.9. The van der Waals surface area contributed by atoms with Gasteiger partial charge in [-0.05, 0) is 23.0 Å². The molecule has 1 fully saturated rings. The van der Waals surface area contributed by atoms with E-state index < -0.39 is 0 Å². The van der Waals surface area contributed by atoms with Crippen molar-refractivity contribution in [1.29, 1.82) is 0 Å². The molecule has 5 nitrogen and oxygen atoms in total. The van der Waals surface area contributed by atoms with Gasteiger partial charge in [0.25, 0.3) is 0 Å². The summed E-state index contributed by atoms with van der Waals surface area (Å²) in [5.41, 5.74) is 2.46. The second-order valence-electron chi connectivity index (χ2n) is 7.86. The molecule has 0 aliphatic carbocycles. The van der Waals surface area contributed by atoms with E-state index in [0.29, 0.717) is 6.54 Å². The number of amides is 1. The largest absolute Gasteiger partial charge is 0.355 e. The molecular formula is C20H29ClN4O. The Morgan fingerprint density at radius 3 is 2.69 bits per heavy atom. The molecule has 2 heterocycles. The summed E-state index contributed by atoms with van der Waals surface area (Å²) >= 11 is 0. The first-order valence-electron chi connectivity index (χ1n) is 8.95. The molecule has 26 heavy (non-hydrogen) atoms. The van der Waals surface area contributed by atoms with Gasteiger partial charge >= 0.3 is 0 Å². The number of aromatic nitrogens is 2. The lowest BCUT2D eigenvalue weighted by molar-refractivity contribution is -0.125. The van der Waals surface area contributed by atoms with Gasteiger partial charge in [-0.2, -0.15) is 5.10 Å². The summed E-state index contributed by atoms with van der Waals surface area (Å²) in [5, 5.41) is 10.8. The Morgan fingerprint density at radius 1 is 1.31 bits per heavy atom. The quantitative estimate of drug-likeness (QED) is 0.814. The van der Waals surface area contributed by atoms with Crippen molar-refractivity contribution in [2.24, 2.45) is 18.4 Å². The zero-order valence-electron chi connectivity index (χ0n) is 15.7. The molecule has 1 aliphatic rings. The highest BCUT2D eigenvalue weighted by molar-refractivity contribution is 5.85. The van der Waals surface area contributed by atoms with Gasteiger partial charge in [0.1, 0.15) is 0 Å². The Bertz CT molecular complexity index is 714. The lowest BCUT2D eigenvalue weighted by atomic mass is 9.85. The van der Waals surface area contributed by atoms with Crippen LogP contribution in [0.2, 0.25) is 0 Å². The van der Waals surface area contributed by atoms with Gasteiger partial charge in [0.15, 0.2) is 0 Å². The fourth-order valence-electron chi connectivity index (χ4n) is 3.60. The molecule has 2 aromatic rings. The minimum atomic E-state index is -0.0308. The lowest BCUT2D eigenvalue weighted by Crippen LogP contribution is -2.40. The molecular weight excluding hydrogens is 348 g/mol. The summed E-state index contributed by atoms with van der Waals surface area (Å²) in [6, 6.07) is 10.4. The third-order valence-electron chi connectivity index (χ3n) is 4.97. The molecule has 6 heteroatoms. The maximum Gasteiger partial charge on any atom is 0.225 e. The standard InChI is InChI=1S/C20H28N4O.ClH/c1-20(2,9-15-7-5-4-6-8-15)14-22-19(25)18-12-21-11-17(18)16-10-23-24(3)13-16;/h4-8,10,13,17-18,21H,9,11-12,14H2,1-3H3,(H,22,25);1H/t17-,18+;/m1./s1. The van der Waals surface area contributed by atoms with Crippen LogP contribution in [0.25, 0.3) is 0 Å². The normalized spacial score (nSPS) is 19.8. The SMILES string of the molecule is Cl.Cn1cc([C@H]2CNC[C@@H]2C(=O)NCC(C)(C)Cc2ccccc2)cn1. The van der Waals surface area contributed by atoms with Crippen LogP contribution < -0.4 is 10.6 Å². The molecule has 2 N–H and O–H groups in total. The van der Waals surface area contributed by atoms with Gasteiger partial charge in [-0.15, -0.1) is 12.4 Å². The molecule has 0 saturated carbocycles. The van der Waals surface area contributed by atoms with E-state index in [9.17, 15) is 4.79 Å². The Labute approximate surface area is 162 Å². The van der Waals surface area contributed by atoms with Gasteiger partial charge in [0.05, 0.1) is 12.1 Å². The predicted molar refractivity (Wildman–Crippen MR) is 106 cm³/mol. The topological polar surface area (TPSA) is 59.0 Å². The molecule has 0 bridgehead atoms. The van der Waals surface area contributed by atoms with Crippen LogP contribution in [0.15, 0.2) is 42.7 Å². The number of aryl methyl sites for hydroxylation is 1. The Kier molecular flexibility index (Phi) is 6.84. The summed E-state index contributed by atoms with van der Waals surface area (Å²) in [6.07, 6.45) is 4.83. The number of nitrogens with zero attached hydrogens (tertiary/aromatic N) is 2. The van der Waals surface area contributed by atoms with E-state index in [-0.39, 0.29) is 35.6 Å². The van der Waals surface area contributed by atoms with E-state index in [2.05, 4.69) is 53.8 Å². The molecule has 1 saturated heterocycles. The highest BCUT2D eigenvalue weighted by Crippen LogP contribution is 2.28. The number of hydrogen-bond donors (Lipinski definition) is 2. The maximum absolute atomic E-state index is 12.8. The van der Waals surface area contributed by atoms with Gasteiger partial charge in [0.2, 0.25) is 5.91 Å². The Hall–Kier alpha value is -1.85. The third kappa shape index (κ3) is 5.08. The minimum absolute atomic E-state index is 0. The zero-order valence-corrected chi connectivity index (χ0v) is 16.6. The molecule has 3 rings (SSSR count). The second-order valence-corrected chi connectivity index (χ2v) is 7.86. The smallest absolute Gasteiger partial charge is 0.225 e. The average Bonchev–Trinajstić information content (AvgIpc) is 3.22. The van der Waals surface area contributed by atoms with Gasteiger partial charge in [-0.25, -0.2) is 0 Å². The van der Waals surface area contributed by atoms with Crippen LogP contribution >= 0.6 is 12.4 Å². The van der Waals surface area contributed by atoms with E-state index in [1.54, 1.807) is 4.68 Å². The molecule has 0 radical (unpaired) electrons. The minimum Gasteiger partial charge on any atom is -0.355 e. The van der Waals surface area contributed by atoms with Gasteiger partial charge in [-0.1, -0.05) is 44.2 Å². The lowest BCUT2D eigenvalue weighted by Gasteiger charge is -2.27. The van der Waals surface area contributed by atoms with Crippen molar-refractivity contribution >= 4 is 18.3 Å². The predicted octanol–water partition coefficient (Wildman–Crippen LogP) is 2.53. The first-order valence-corrected chi connectivity index (χ1v) is 8.95. The van der Waals surface area contributed by atoms with Crippen molar-refractivity contribution < 1.29 is 4.79 Å². The number of carbonyl (C=O) groups excluding carboxylic acids is 1. The van der Waals surface area contributed by atoms with Crippen molar-refractivity contribution in [1.82, 2.24) is 20.4 Å². The molecule has 1 aromatic carbocycles. The van der Waals surface area contributed by atoms with E-state index in [1.807, 2.05) is 25.5 Å². The highest BCUT2D eigenvalue weighted by atomic mass is 35.5. The van der Waals surface area contributed by atoms with E-state index >= 15 is 0 Å². The maximum atomic E-state index is 12.8. The summed E-state index contributed by atoms with van der Waals surface area (Å²) in [4.78, 5) is 12.8. The number of nitrogens with one attached hydrogen (secondary N) is 2. The number of rotatable bonds is 6. The van der Waals surface area contributed by atoms with Gasteiger partial charge in [0, 0.05) is 38.8 Å². The Balaban J connectivity index is 0.00000243. The number of hydrogen-bond acceptors (Lipinski definition) is 3. The number of halogens is 1. The first kappa shape index (κ1) is 20.5. The van der Waals surface area contributed by atoms with E-state index in [1.165, 1.54) is 5.56 Å². The van der Waals surface area contributed by atoms with Crippen molar-refractivity contribution in [3.63, 3.8) is 0 Å². The van der Waals surface area contributed by atoms with Crippen molar-refractivity contribution in [2.75, 3.05) is 19.6 Å². The molecule has 142 valence electrons. The van der Waals surface area contributed by atoms with Crippen LogP contribution in [0.3, 0.4) is 0 Å². The summed E-state index contributed by atoms with van der Waals surface area (Å²) < 4.78 is 1.80. The average molecular weight is 377 g/mol. The molecule has 2 atom stereocenters. The monoisotopic (exact) mass is 376 g/mol. The van der Waals surface area contributed by atoms with Crippen LogP contribution in [0.4, 0.5) is 0 Å². The van der Waals surface area contributed by atoms with Crippen LogP contribution in [0.5, 0.6) is 0 Å². The summed E-state index contributed by atoms with van der Waals surface area (Å²) in [5.74, 6) is 0.308. The van der Waals surface area contributed by atoms with Crippen molar-refractivity contribution in [3.8, 4) is 0 Å². The van der Waals surface area contributed by atoms with Crippen molar-refractivity contribution in [2.45, 2.75) is 26.2 Å².